The Kier molecular flexibility index (Phi) is 4.52. The summed E-state index contributed by atoms with van der Waals surface area (Å²) in [5, 5.41) is 0.487. The Morgan fingerprint density at radius 3 is 2.48 bits per heavy atom. The summed E-state index contributed by atoms with van der Waals surface area (Å²) in [6.07, 6.45) is 0. The Labute approximate surface area is 132 Å². The second-order valence-corrected chi connectivity index (χ2v) is 6.85. The van der Waals surface area contributed by atoms with E-state index in [9.17, 15) is 0 Å². The quantitative estimate of drug-likeness (QED) is 0.788. The van der Waals surface area contributed by atoms with Crippen molar-refractivity contribution in [3.8, 4) is 0 Å². The zero-order valence-corrected chi connectivity index (χ0v) is 14.1. The van der Waals surface area contributed by atoms with Crippen molar-refractivity contribution in [3.63, 3.8) is 0 Å². The van der Waals surface area contributed by atoms with Crippen molar-refractivity contribution in [1.82, 2.24) is 9.97 Å². The fraction of sp³-hybridized carbons (Fsp3) is 0.412. The van der Waals surface area contributed by atoms with Crippen LogP contribution < -0.4 is 4.90 Å². The molecule has 21 heavy (non-hydrogen) atoms. The Balaban J connectivity index is 2.27. The minimum absolute atomic E-state index is 0.121. The summed E-state index contributed by atoms with van der Waals surface area (Å²) >= 11 is 6.15. The van der Waals surface area contributed by atoms with Gasteiger partial charge in [0, 0.05) is 25.1 Å². The topological polar surface area (TPSA) is 29.0 Å². The third-order valence-corrected chi connectivity index (χ3v) is 3.44. The molecule has 0 aliphatic heterocycles. The lowest BCUT2D eigenvalue weighted by molar-refractivity contribution is 0.544. The summed E-state index contributed by atoms with van der Waals surface area (Å²) in [4.78, 5) is 11.1. The largest absolute Gasteiger partial charge is 0.355 e. The number of hydrogen-bond acceptors (Lipinski definition) is 3. The highest BCUT2D eigenvalue weighted by Crippen LogP contribution is 2.24. The fourth-order valence-corrected chi connectivity index (χ4v) is 2.28. The van der Waals surface area contributed by atoms with Crippen molar-refractivity contribution in [2.75, 3.05) is 11.9 Å². The van der Waals surface area contributed by atoms with Crippen molar-refractivity contribution in [2.45, 2.75) is 39.7 Å². The molecule has 0 saturated carbocycles. The first kappa shape index (κ1) is 15.8. The van der Waals surface area contributed by atoms with Crippen molar-refractivity contribution < 1.29 is 0 Å². The third kappa shape index (κ3) is 4.18. The summed E-state index contributed by atoms with van der Waals surface area (Å²) in [7, 11) is 2.02. The average Bonchev–Trinajstić information content (AvgIpc) is 2.37. The van der Waals surface area contributed by atoms with Gasteiger partial charge in [-0.1, -0.05) is 62.2 Å². The van der Waals surface area contributed by atoms with E-state index in [1.54, 1.807) is 0 Å². The second-order valence-electron chi connectivity index (χ2n) is 6.47. The Hall–Kier alpha value is -1.61. The zero-order chi connectivity index (χ0) is 15.6. The SMILES string of the molecule is Cc1cccc(CN(C)c2cc(Cl)nc(C(C)(C)C)n2)c1. The fourth-order valence-electron chi connectivity index (χ4n) is 2.10. The summed E-state index contributed by atoms with van der Waals surface area (Å²) < 4.78 is 0. The standard InChI is InChI=1S/C17H22ClN3/c1-12-7-6-8-13(9-12)11-21(5)15-10-14(18)19-16(20-15)17(2,3)4/h6-10H,11H2,1-5H3. The number of aromatic nitrogens is 2. The molecule has 0 N–H and O–H groups in total. The number of hydrogen-bond donors (Lipinski definition) is 0. The van der Waals surface area contributed by atoms with Crippen molar-refractivity contribution in [3.05, 3.63) is 52.4 Å². The molecule has 0 bridgehead atoms. The molecule has 0 aliphatic rings. The van der Waals surface area contributed by atoms with E-state index in [4.69, 9.17) is 11.6 Å². The van der Waals surface area contributed by atoms with Gasteiger partial charge in [0.2, 0.25) is 0 Å². The van der Waals surface area contributed by atoms with Gasteiger partial charge in [-0.05, 0) is 12.5 Å². The molecule has 0 spiro atoms. The van der Waals surface area contributed by atoms with E-state index in [0.29, 0.717) is 5.15 Å². The smallest absolute Gasteiger partial charge is 0.137 e. The van der Waals surface area contributed by atoms with Gasteiger partial charge >= 0.3 is 0 Å². The predicted octanol–water partition coefficient (Wildman–Crippen LogP) is 4.37. The van der Waals surface area contributed by atoms with Crippen LogP contribution in [0.3, 0.4) is 0 Å². The highest BCUT2D eigenvalue weighted by Gasteiger charge is 2.19. The normalized spacial score (nSPS) is 11.5. The van der Waals surface area contributed by atoms with E-state index < -0.39 is 0 Å². The number of halogens is 1. The minimum atomic E-state index is -0.121. The van der Waals surface area contributed by atoms with Gasteiger partial charge in [0.1, 0.15) is 16.8 Å². The van der Waals surface area contributed by atoms with Crippen LogP contribution in [0, 0.1) is 6.92 Å². The molecule has 0 radical (unpaired) electrons. The maximum atomic E-state index is 6.15. The van der Waals surface area contributed by atoms with Gasteiger partial charge in [0.25, 0.3) is 0 Å². The van der Waals surface area contributed by atoms with Gasteiger partial charge in [-0.25, -0.2) is 9.97 Å². The van der Waals surface area contributed by atoms with E-state index in [-0.39, 0.29) is 5.41 Å². The maximum Gasteiger partial charge on any atom is 0.137 e. The molecule has 0 saturated heterocycles. The number of benzene rings is 1. The lowest BCUT2D eigenvalue weighted by atomic mass is 9.96. The lowest BCUT2D eigenvalue weighted by Crippen LogP contribution is -2.22. The molecule has 112 valence electrons. The van der Waals surface area contributed by atoms with Gasteiger partial charge < -0.3 is 4.90 Å². The molecule has 0 atom stereocenters. The molecule has 2 rings (SSSR count). The summed E-state index contributed by atoms with van der Waals surface area (Å²) in [5.41, 5.74) is 2.39. The summed E-state index contributed by atoms with van der Waals surface area (Å²) in [6.45, 7) is 9.15. The monoisotopic (exact) mass is 303 g/mol. The Bertz CT molecular complexity index is 632. The van der Waals surface area contributed by atoms with Crippen LogP contribution in [0.2, 0.25) is 5.15 Å². The molecule has 1 heterocycles. The van der Waals surface area contributed by atoms with E-state index >= 15 is 0 Å². The first-order chi connectivity index (χ1) is 9.75. The van der Waals surface area contributed by atoms with E-state index in [1.165, 1.54) is 11.1 Å². The summed E-state index contributed by atoms with van der Waals surface area (Å²) in [5.74, 6) is 1.61. The number of anilines is 1. The number of aryl methyl sites for hydroxylation is 1. The van der Waals surface area contributed by atoms with Crippen molar-refractivity contribution >= 4 is 17.4 Å². The molecule has 0 unspecified atom stereocenters. The van der Waals surface area contributed by atoms with E-state index in [1.807, 2.05) is 13.1 Å². The van der Waals surface area contributed by atoms with Gasteiger partial charge in [-0.15, -0.1) is 0 Å². The lowest BCUT2D eigenvalue weighted by Gasteiger charge is -2.22. The predicted molar refractivity (Wildman–Crippen MR) is 89.0 cm³/mol. The van der Waals surface area contributed by atoms with Crippen LogP contribution in [0.5, 0.6) is 0 Å². The molecule has 3 nitrogen and oxygen atoms in total. The number of rotatable bonds is 3. The highest BCUT2D eigenvalue weighted by molar-refractivity contribution is 6.29. The highest BCUT2D eigenvalue weighted by atomic mass is 35.5. The molecule has 4 heteroatoms. The molecular weight excluding hydrogens is 282 g/mol. The van der Waals surface area contributed by atoms with Gasteiger partial charge in [0.05, 0.1) is 0 Å². The maximum absolute atomic E-state index is 6.15. The molecule has 0 amide bonds. The van der Waals surface area contributed by atoms with Crippen LogP contribution in [-0.2, 0) is 12.0 Å². The molecule has 2 aromatic rings. The number of nitrogens with zero attached hydrogens (tertiary/aromatic N) is 3. The summed E-state index contributed by atoms with van der Waals surface area (Å²) in [6, 6.07) is 10.3. The van der Waals surface area contributed by atoms with Crippen LogP contribution in [0.25, 0.3) is 0 Å². The van der Waals surface area contributed by atoms with Crippen LogP contribution >= 0.6 is 11.6 Å². The van der Waals surface area contributed by atoms with Gasteiger partial charge in [-0.3, -0.25) is 0 Å². The Morgan fingerprint density at radius 1 is 1.14 bits per heavy atom. The zero-order valence-electron chi connectivity index (χ0n) is 13.3. The molecule has 1 aromatic heterocycles. The van der Waals surface area contributed by atoms with Crippen LogP contribution in [0.15, 0.2) is 30.3 Å². The molecule has 0 aliphatic carbocycles. The molecule has 0 fully saturated rings. The molecular formula is C17H22ClN3. The second kappa shape index (κ2) is 6.02. The van der Waals surface area contributed by atoms with E-state index in [0.717, 1.165) is 18.2 Å². The van der Waals surface area contributed by atoms with Gasteiger partial charge in [0.15, 0.2) is 0 Å². The third-order valence-electron chi connectivity index (χ3n) is 3.25. The Morgan fingerprint density at radius 2 is 1.86 bits per heavy atom. The van der Waals surface area contributed by atoms with Gasteiger partial charge in [-0.2, -0.15) is 0 Å². The molecule has 1 aromatic carbocycles. The van der Waals surface area contributed by atoms with Crippen molar-refractivity contribution in [1.29, 1.82) is 0 Å². The van der Waals surface area contributed by atoms with Crippen LogP contribution in [0.1, 0.15) is 37.7 Å². The van der Waals surface area contributed by atoms with Crippen molar-refractivity contribution in [2.24, 2.45) is 0 Å². The van der Waals surface area contributed by atoms with E-state index in [2.05, 4.69) is 66.8 Å². The average molecular weight is 304 g/mol. The first-order valence-electron chi connectivity index (χ1n) is 7.07. The van der Waals surface area contributed by atoms with Crippen LogP contribution in [-0.4, -0.2) is 17.0 Å². The first-order valence-corrected chi connectivity index (χ1v) is 7.45. The minimum Gasteiger partial charge on any atom is -0.355 e. The van der Waals surface area contributed by atoms with Crippen LogP contribution in [0.4, 0.5) is 5.82 Å².